The lowest BCUT2D eigenvalue weighted by Gasteiger charge is -2.65. The molecule has 4 fully saturated rings. The van der Waals surface area contributed by atoms with Crippen LogP contribution in [0, 0.1) is 47.3 Å². The van der Waals surface area contributed by atoms with Crippen LogP contribution in [0.5, 0.6) is 0 Å². The van der Waals surface area contributed by atoms with Crippen LogP contribution >= 0.6 is 0 Å². The quantitative estimate of drug-likeness (QED) is 0.721. The van der Waals surface area contributed by atoms with Crippen molar-refractivity contribution in [2.75, 3.05) is 6.61 Å². The molecule has 1 aliphatic heterocycles. The predicted molar refractivity (Wildman–Crippen MR) is 104 cm³/mol. The van der Waals surface area contributed by atoms with Gasteiger partial charge in [0.15, 0.2) is 5.79 Å². The van der Waals surface area contributed by atoms with Crippen molar-refractivity contribution in [1.82, 2.24) is 0 Å². The lowest BCUT2D eigenvalue weighted by atomic mass is 9.45. The normalized spacial score (nSPS) is 53.5. The second-order valence-electron chi connectivity index (χ2n) is 10.9. The fourth-order valence-electron chi connectivity index (χ4n) is 7.41. The van der Waals surface area contributed by atoms with Gasteiger partial charge in [-0.3, -0.25) is 0 Å². The monoisotopic (exact) mass is 364 g/mol. The van der Waals surface area contributed by atoms with Crippen LogP contribution in [0.15, 0.2) is 0 Å². The van der Waals surface area contributed by atoms with Crippen molar-refractivity contribution in [3.05, 3.63) is 0 Å². The molecule has 3 aliphatic carbocycles. The highest BCUT2D eigenvalue weighted by Gasteiger charge is 2.65. The van der Waals surface area contributed by atoms with E-state index < -0.39 is 11.4 Å². The molecule has 1 N–H and O–H groups in total. The van der Waals surface area contributed by atoms with Crippen LogP contribution in [0.3, 0.4) is 0 Å². The van der Waals surface area contributed by atoms with E-state index >= 15 is 0 Å². The first-order chi connectivity index (χ1) is 12.1. The van der Waals surface area contributed by atoms with E-state index in [4.69, 9.17) is 9.47 Å². The topological polar surface area (TPSA) is 38.7 Å². The first-order valence-electron chi connectivity index (χ1n) is 11.2. The molecule has 4 aliphatic rings. The molecule has 0 aromatic carbocycles. The van der Waals surface area contributed by atoms with E-state index in [1.165, 1.54) is 25.7 Å². The summed E-state index contributed by atoms with van der Waals surface area (Å²) in [5, 5.41) is 12.4. The summed E-state index contributed by atoms with van der Waals surface area (Å²) in [6.45, 7) is 14.4. The fraction of sp³-hybridized carbons (Fsp3) is 1.00. The minimum atomic E-state index is -0.568. The van der Waals surface area contributed by atoms with E-state index in [9.17, 15) is 5.11 Å². The average Bonchev–Trinajstić information content (AvgIpc) is 2.55. The van der Waals surface area contributed by atoms with Gasteiger partial charge >= 0.3 is 0 Å². The predicted octanol–water partition coefficient (Wildman–Crippen LogP) is 4.87. The van der Waals surface area contributed by atoms with Crippen molar-refractivity contribution >= 4 is 0 Å². The van der Waals surface area contributed by atoms with Crippen LogP contribution in [-0.2, 0) is 9.47 Å². The zero-order valence-corrected chi connectivity index (χ0v) is 17.7. The van der Waals surface area contributed by atoms with E-state index in [2.05, 4.69) is 27.7 Å². The summed E-state index contributed by atoms with van der Waals surface area (Å²) < 4.78 is 12.6. The molecule has 0 radical (unpaired) electrons. The first-order valence-corrected chi connectivity index (χ1v) is 11.2. The van der Waals surface area contributed by atoms with Gasteiger partial charge in [-0.05, 0) is 75.0 Å². The highest BCUT2D eigenvalue weighted by Crippen LogP contribution is 2.61. The summed E-state index contributed by atoms with van der Waals surface area (Å²) in [4.78, 5) is 0. The molecular formula is C23H40O3. The third kappa shape index (κ3) is 2.79. The Labute approximate surface area is 160 Å². The number of hydrogen-bond acceptors (Lipinski definition) is 3. The molecular weight excluding hydrogens is 324 g/mol. The molecule has 4 bridgehead atoms. The Morgan fingerprint density at radius 1 is 1.04 bits per heavy atom. The Hall–Kier alpha value is -0.120. The minimum absolute atomic E-state index is 0.154. The molecule has 1 heterocycles. The van der Waals surface area contributed by atoms with Crippen molar-refractivity contribution in [2.45, 2.75) is 91.1 Å². The Morgan fingerprint density at radius 3 is 2.46 bits per heavy atom. The van der Waals surface area contributed by atoms with Gasteiger partial charge in [-0.25, -0.2) is 0 Å². The Kier molecular flexibility index (Phi) is 4.77. The van der Waals surface area contributed by atoms with E-state index in [0.717, 1.165) is 13.0 Å². The van der Waals surface area contributed by atoms with Crippen LogP contribution in [0.2, 0.25) is 0 Å². The summed E-state index contributed by atoms with van der Waals surface area (Å²) >= 11 is 0. The molecule has 0 spiro atoms. The third-order valence-corrected chi connectivity index (χ3v) is 8.81. The Morgan fingerprint density at radius 2 is 1.77 bits per heavy atom. The van der Waals surface area contributed by atoms with Gasteiger partial charge < -0.3 is 14.6 Å². The van der Waals surface area contributed by atoms with Crippen LogP contribution in [0.25, 0.3) is 0 Å². The summed E-state index contributed by atoms with van der Waals surface area (Å²) in [5.41, 5.74) is -0.568. The van der Waals surface area contributed by atoms with Gasteiger partial charge in [0.05, 0.1) is 18.3 Å². The highest BCUT2D eigenvalue weighted by atomic mass is 16.7. The molecule has 3 nitrogen and oxygen atoms in total. The maximum absolute atomic E-state index is 12.4. The van der Waals surface area contributed by atoms with Crippen molar-refractivity contribution in [3.8, 4) is 0 Å². The molecule has 26 heavy (non-hydrogen) atoms. The van der Waals surface area contributed by atoms with E-state index in [-0.39, 0.29) is 12.0 Å². The molecule has 3 saturated carbocycles. The summed E-state index contributed by atoms with van der Waals surface area (Å²) in [6.07, 6.45) is 6.22. The molecule has 3 heteroatoms. The standard InChI is InChI=1S/C23H40O3/c1-13(2)17-9-7-14(3)18-10-8-15(4)23(24)19(17)11-16-12-25-22(5,6)26-21(16)20(18)23/h13-21,24H,7-12H2,1-6H3/t14-,15+,16+,17-,18+,19+,20?,21-,23+/m1/s1. The van der Waals surface area contributed by atoms with Crippen molar-refractivity contribution in [3.63, 3.8) is 0 Å². The van der Waals surface area contributed by atoms with Crippen molar-refractivity contribution < 1.29 is 14.6 Å². The molecule has 150 valence electrons. The molecule has 9 atom stereocenters. The largest absolute Gasteiger partial charge is 0.389 e. The first kappa shape index (κ1) is 19.2. The number of rotatable bonds is 1. The van der Waals surface area contributed by atoms with Crippen molar-refractivity contribution in [2.24, 2.45) is 47.3 Å². The van der Waals surface area contributed by atoms with Gasteiger partial charge in [0.2, 0.25) is 0 Å². The Balaban J connectivity index is 1.81. The number of aliphatic hydroxyl groups is 1. The van der Waals surface area contributed by atoms with E-state index in [1.54, 1.807) is 0 Å². The van der Waals surface area contributed by atoms with Gasteiger partial charge in [0.25, 0.3) is 0 Å². The SMILES string of the molecule is CC(C)[C@H]1CC[C@@H](C)[C@@H]2CC[C@H](C)[C@@]3(O)C2[C@@H]2OC(C)(C)OC[C@@H]2C[C@@H]13. The van der Waals surface area contributed by atoms with Crippen LogP contribution in [0.4, 0.5) is 0 Å². The molecule has 0 aromatic rings. The maximum Gasteiger partial charge on any atom is 0.163 e. The second kappa shape index (κ2) is 6.46. The number of fused-ring (bicyclic) bond motifs is 1. The van der Waals surface area contributed by atoms with E-state index in [1.807, 2.05) is 13.8 Å². The van der Waals surface area contributed by atoms with Crippen molar-refractivity contribution in [1.29, 1.82) is 0 Å². The average molecular weight is 365 g/mol. The van der Waals surface area contributed by atoms with Gasteiger partial charge in [0, 0.05) is 11.8 Å². The second-order valence-corrected chi connectivity index (χ2v) is 10.9. The zero-order valence-electron chi connectivity index (χ0n) is 17.7. The molecule has 4 rings (SSSR count). The molecule has 1 saturated heterocycles. The number of hydrogen-bond donors (Lipinski definition) is 1. The van der Waals surface area contributed by atoms with Gasteiger partial charge in [0.1, 0.15) is 0 Å². The Bertz CT molecular complexity index is 530. The third-order valence-electron chi connectivity index (χ3n) is 8.81. The zero-order chi connectivity index (χ0) is 18.9. The summed E-state index contributed by atoms with van der Waals surface area (Å²) in [5.74, 6) is 3.47. The molecule has 1 unspecified atom stereocenters. The van der Waals surface area contributed by atoms with E-state index in [0.29, 0.717) is 41.4 Å². The fourth-order valence-corrected chi connectivity index (χ4v) is 7.41. The highest BCUT2D eigenvalue weighted by molar-refractivity contribution is 5.13. The van der Waals surface area contributed by atoms with Gasteiger partial charge in [-0.1, -0.05) is 34.1 Å². The lowest BCUT2D eigenvalue weighted by Crippen LogP contribution is -2.70. The molecule has 0 aromatic heterocycles. The lowest BCUT2D eigenvalue weighted by molar-refractivity contribution is -0.352. The summed E-state index contributed by atoms with van der Waals surface area (Å²) in [7, 11) is 0. The van der Waals surface area contributed by atoms with Gasteiger partial charge in [-0.15, -0.1) is 0 Å². The smallest absolute Gasteiger partial charge is 0.163 e. The van der Waals surface area contributed by atoms with Gasteiger partial charge in [-0.2, -0.15) is 0 Å². The van der Waals surface area contributed by atoms with Crippen LogP contribution in [0.1, 0.15) is 73.6 Å². The summed E-state index contributed by atoms with van der Waals surface area (Å²) in [6, 6.07) is 0. The number of ether oxygens (including phenoxy) is 2. The molecule has 0 amide bonds. The van der Waals surface area contributed by atoms with Crippen LogP contribution < -0.4 is 0 Å². The maximum atomic E-state index is 12.4. The minimum Gasteiger partial charge on any atom is -0.389 e. The van der Waals surface area contributed by atoms with Crippen LogP contribution in [-0.4, -0.2) is 29.2 Å².